The molecule has 1 saturated heterocycles. The summed E-state index contributed by atoms with van der Waals surface area (Å²) in [7, 11) is 0. The van der Waals surface area contributed by atoms with Crippen molar-refractivity contribution in [3.63, 3.8) is 0 Å². The molecule has 0 radical (unpaired) electrons. The summed E-state index contributed by atoms with van der Waals surface area (Å²) in [6, 6.07) is 10.7. The molecule has 1 aliphatic rings. The van der Waals surface area contributed by atoms with Crippen LogP contribution in [0.25, 0.3) is 0 Å². The molecule has 1 unspecified atom stereocenters. The Morgan fingerprint density at radius 1 is 1.12 bits per heavy atom. The van der Waals surface area contributed by atoms with Crippen LogP contribution in [0.5, 0.6) is 0 Å². The maximum Gasteiger partial charge on any atom is 0.319 e. The fourth-order valence-corrected chi connectivity index (χ4v) is 2.83. The summed E-state index contributed by atoms with van der Waals surface area (Å²) in [6.45, 7) is 4.46. The minimum absolute atomic E-state index is 0.0182. The van der Waals surface area contributed by atoms with E-state index in [-0.39, 0.29) is 24.2 Å². The summed E-state index contributed by atoms with van der Waals surface area (Å²) in [5.74, 6) is -0.383. The number of aryl methyl sites for hydroxylation is 2. The zero-order valence-electron chi connectivity index (χ0n) is 14.2. The molecule has 2 N–H and O–H groups in total. The van der Waals surface area contributed by atoms with Crippen LogP contribution in [0.15, 0.2) is 42.5 Å². The molecule has 3 amide bonds. The summed E-state index contributed by atoms with van der Waals surface area (Å²) in [5.41, 5.74) is 3.63. The summed E-state index contributed by atoms with van der Waals surface area (Å²) >= 11 is 0. The van der Waals surface area contributed by atoms with Gasteiger partial charge in [0.2, 0.25) is 5.91 Å². The van der Waals surface area contributed by atoms with Crippen LogP contribution in [-0.4, -0.2) is 24.5 Å². The quantitative estimate of drug-likeness (QED) is 0.899. The number of rotatable bonds is 3. The van der Waals surface area contributed by atoms with Gasteiger partial charge < -0.3 is 15.5 Å². The van der Waals surface area contributed by atoms with E-state index in [4.69, 9.17) is 0 Å². The number of urea groups is 1. The van der Waals surface area contributed by atoms with Gasteiger partial charge in [-0.3, -0.25) is 4.79 Å². The average molecular weight is 341 g/mol. The Morgan fingerprint density at radius 2 is 1.84 bits per heavy atom. The van der Waals surface area contributed by atoms with E-state index in [0.717, 1.165) is 11.3 Å². The van der Waals surface area contributed by atoms with Crippen LogP contribution in [0, 0.1) is 19.7 Å². The van der Waals surface area contributed by atoms with Gasteiger partial charge in [0.05, 0.1) is 6.04 Å². The third kappa shape index (κ3) is 3.96. The van der Waals surface area contributed by atoms with Crippen LogP contribution >= 0.6 is 0 Å². The van der Waals surface area contributed by atoms with E-state index in [9.17, 15) is 14.0 Å². The molecule has 0 aliphatic carbocycles. The van der Waals surface area contributed by atoms with Crippen molar-refractivity contribution in [1.29, 1.82) is 0 Å². The minimum atomic E-state index is -0.411. The van der Waals surface area contributed by atoms with Crippen LogP contribution in [0.2, 0.25) is 0 Å². The van der Waals surface area contributed by atoms with E-state index in [0.29, 0.717) is 12.2 Å². The summed E-state index contributed by atoms with van der Waals surface area (Å²) in [4.78, 5) is 26.0. The number of carbonyl (C=O) groups excluding carboxylic acids is 2. The first-order valence-corrected chi connectivity index (χ1v) is 8.13. The maximum atomic E-state index is 12.9. The van der Waals surface area contributed by atoms with E-state index in [2.05, 4.69) is 10.6 Å². The van der Waals surface area contributed by atoms with Gasteiger partial charge >= 0.3 is 6.03 Å². The Morgan fingerprint density at radius 3 is 2.52 bits per heavy atom. The summed E-state index contributed by atoms with van der Waals surface area (Å²) in [6.07, 6.45) is 0.254. The molecule has 0 aromatic heterocycles. The van der Waals surface area contributed by atoms with Crippen molar-refractivity contribution in [2.45, 2.75) is 26.3 Å². The van der Waals surface area contributed by atoms with E-state index in [1.54, 1.807) is 4.90 Å². The number of nitrogens with zero attached hydrogens (tertiary/aromatic N) is 1. The van der Waals surface area contributed by atoms with Gasteiger partial charge in [-0.2, -0.15) is 0 Å². The number of hydrogen-bond acceptors (Lipinski definition) is 2. The Labute approximate surface area is 145 Å². The molecule has 130 valence electrons. The topological polar surface area (TPSA) is 61.4 Å². The first-order chi connectivity index (χ1) is 11.9. The van der Waals surface area contributed by atoms with Gasteiger partial charge in [0, 0.05) is 24.3 Å². The van der Waals surface area contributed by atoms with Gasteiger partial charge in [-0.1, -0.05) is 6.07 Å². The lowest BCUT2D eigenvalue weighted by molar-refractivity contribution is -0.117. The second kappa shape index (κ2) is 6.93. The van der Waals surface area contributed by atoms with Gasteiger partial charge in [-0.25, -0.2) is 9.18 Å². The lowest BCUT2D eigenvalue weighted by Crippen LogP contribution is -2.39. The molecule has 1 fully saturated rings. The van der Waals surface area contributed by atoms with Crippen LogP contribution < -0.4 is 15.5 Å². The van der Waals surface area contributed by atoms with Crippen molar-refractivity contribution in [2.75, 3.05) is 16.8 Å². The summed E-state index contributed by atoms with van der Waals surface area (Å²) < 4.78 is 12.9. The number of anilines is 2. The molecule has 5 nitrogen and oxygen atoms in total. The largest absolute Gasteiger partial charge is 0.333 e. The van der Waals surface area contributed by atoms with Crippen molar-refractivity contribution in [3.8, 4) is 0 Å². The molecule has 1 atom stereocenters. The highest BCUT2D eigenvalue weighted by molar-refractivity contribution is 5.97. The lowest BCUT2D eigenvalue weighted by atomic mass is 10.1. The van der Waals surface area contributed by atoms with Crippen molar-refractivity contribution < 1.29 is 14.0 Å². The molecule has 1 heterocycles. The van der Waals surface area contributed by atoms with Crippen LogP contribution in [0.4, 0.5) is 20.6 Å². The second-order valence-corrected chi connectivity index (χ2v) is 6.28. The van der Waals surface area contributed by atoms with E-state index < -0.39 is 6.03 Å². The Balaban J connectivity index is 1.61. The third-order valence-electron chi connectivity index (χ3n) is 4.36. The van der Waals surface area contributed by atoms with Crippen molar-refractivity contribution in [2.24, 2.45) is 0 Å². The predicted octanol–water partition coefficient (Wildman–Crippen LogP) is 3.37. The molecule has 3 rings (SSSR count). The highest BCUT2D eigenvalue weighted by Crippen LogP contribution is 2.24. The number of amides is 3. The number of carbonyl (C=O) groups is 2. The standard InChI is InChI=1S/C19H20FN3O2/c1-12-3-8-17(9-13(12)2)23-11-16(10-18(23)24)22-19(25)21-15-6-4-14(20)5-7-15/h3-9,16H,10-11H2,1-2H3,(H2,21,22,25). The fourth-order valence-electron chi connectivity index (χ4n) is 2.83. The number of benzene rings is 2. The highest BCUT2D eigenvalue weighted by atomic mass is 19.1. The highest BCUT2D eigenvalue weighted by Gasteiger charge is 2.31. The molecular weight excluding hydrogens is 321 g/mol. The van der Waals surface area contributed by atoms with Crippen LogP contribution in [-0.2, 0) is 4.79 Å². The van der Waals surface area contributed by atoms with E-state index >= 15 is 0 Å². The van der Waals surface area contributed by atoms with Crippen LogP contribution in [0.3, 0.4) is 0 Å². The van der Waals surface area contributed by atoms with Crippen molar-refractivity contribution in [1.82, 2.24) is 5.32 Å². The Bertz CT molecular complexity index is 805. The average Bonchev–Trinajstić information content (AvgIpc) is 2.92. The molecule has 1 aliphatic heterocycles. The number of hydrogen-bond donors (Lipinski definition) is 2. The van der Waals surface area contributed by atoms with Crippen molar-refractivity contribution >= 4 is 23.3 Å². The molecule has 6 heteroatoms. The summed E-state index contributed by atoms with van der Waals surface area (Å²) in [5, 5.41) is 5.43. The van der Waals surface area contributed by atoms with E-state index in [1.165, 1.54) is 29.8 Å². The fraction of sp³-hybridized carbons (Fsp3) is 0.263. The minimum Gasteiger partial charge on any atom is -0.333 e. The number of halogens is 1. The second-order valence-electron chi connectivity index (χ2n) is 6.28. The van der Waals surface area contributed by atoms with Gasteiger partial charge in [0.15, 0.2) is 0 Å². The molecule has 2 aromatic carbocycles. The van der Waals surface area contributed by atoms with Crippen LogP contribution in [0.1, 0.15) is 17.5 Å². The third-order valence-corrected chi connectivity index (χ3v) is 4.36. The lowest BCUT2D eigenvalue weighted by Gasteiger charge is -2.18. The van der Waals surface area contributed by atoms with E-state index in [1.807, 2.05) is 32.0 Å². The Kier molecular flexibility index (Phi) is 4.70. The molecule has 2 aromatic rings. The maximum absolute atomic E-state index is 12.9. The zero-order chi connectivity index (χ0) is 18.0. The van der Waals surface area contributed by atoms with Gasteiger partial charge in [0.1, 0.15) is 5.82 Å². The Hall–Kier alpha value is -2.89. The molecule has 25 heavy (non-hydrogen) atoms. The van der Waals surface area contributed by atoms with Crippen molar-refractivity contribution in [3.05, 3.63) is 59.4 Å². The molecule has 0 saturated carbocycles. The van der Waals surface area contributed by atoms with Gasteiger partial charge in [-0.05, 0) is 61.4 Å². The van der Waals surface area contributed by atoms with Gasteiger partial charge in [-0.15, -0.1) is 0 Å². The normalized spacial score (nSPS) is 16.8. The molecule has 0 bridgehead atoms. The molecule has 0 spiro atoms. The zero-order valence-corrected chi connectivity index (χ0v) is 14.2. The first-order valence-electron chi connectivity index (χ1n) is 8.13. The van der Waals surface area contributed by atoms with Gasteiger partial charge in [0.25, 0.3) is 0 Å². The first kappa shape index (κ1) is 17.0. The SMILES string of the molecule is Cc1ccc(N2CC(NC(=O)Nc3ccc(F)cc3)CC2=O)cc1C. The predicted molar refractivity (Wildman–Crippen MR) is 95.2 cm³/mol. The molecular formula is C19H20FN3O2. The smallest absolute Gasteiger partial charge is 0.319 e. The monoisotopic (exact) mass is 341 g/mol. The number of nitrogens with one attached hydrogen (secondary N) is 2.